The molecule has 0 saturated carbocycles. The molecule has 0 aliphatic heterocycles. The number of nitro groups is 2. The van der Waals surface area contributed by atoms with Crippen molar-refractivity contribution in [1.82, 2.24) is 9.61 Å². The summed E-state index contributed by atoms with van der Waals surface area (Å²) >= 11 is 0. The molecule has 8 heteroatoms. The van der Waals surface area contributed by atoms with Crippen molar-refractivity contribution < 1.29 is 9.85 Å². The van der Waals surface area contributed by atoms with Crippen LogP contribution in [0.3, 0.4) is 0 Å². The van der Waals surface area contributed by atoms with Crippen molar-refractivity contribution in [3.63, 3.8) is 0 Å². The predicted octanol–water partition coefficient (Wildman–Crippen LogP) is 1.15. The summed E-state index contributed by atoms with van der Waals surface area (Å²) < 4.78 is 1.11. The normalized spacial score (nSPS) is 10.4. The second-order valence-corrected chi connectivity index (χ2v) is 2.76. The number of hydrogen-bond donors (Lipinski definition) is 0. The maximum absolute atomic E-state index is 10.5. The number of hydrogen-bond acceptors (Lipinski definition) is 5. The molecule has 0 unspecified atom stereocenters. The first kappa shape index (κ1) is 9.06. The minimum absolute atomic E-state index is 0.166. The molecule has 0 radical (unpaired) electrons. The van der Waals surface area contributed by atoms with E-state index in [1.54, 1.807) is 0 Å². The van der Waals surface area contributed by atoms with Gasteiger partial charge in [-0.2, -0.15) is 5.10 Å². The summed E-state index contributed by atoms with van der Waals surface area (Å²) in [6.45, 7) is 0. The van der Waals surface area contributed by atoms with E-state index in [9.17, 15) is 20.2 Å². The van der Waals surface area contributed by atoms with Gasteiger partial charge in [-0.15, -0.1) is 0 Å². The Bertz CT molecular complexity index is 561. The SMILES string of the molecule is O=[N+]([O-])c1ccc2c([N+](=O)[O-])cnn2c1. The van der Waals surface area contributed by atoms with Crippen molar-refractivity contribution >= 4 is 16.9 Å². The Hall–Kier alpha value is -2.51. The van der Waals surface area contributed by atoms with Crippen molar-refractivity contribution in [3.05, 3.63) is 44.8 Å². The third kappa shape index (κ3) is 1.37. The molecule has 0 bridgehead atoms. The van der Waals surface area contributed by atoms with E-state index >= 15 is 0 Å². The summed E-state index contributed by atoms with van der Waals surface area (Å²) in [4.78, 5) is 19.7. The Morgan fingerprint density at radius 1 is 1.20 bits per heavy atom. The fourth-order valence-corrected chi connectivity index (χ4v) is 1.21. The molecule has 0 aliphatic rings. The van der Waals surface area contributed by atoms with Gasteiger partial charge >= 0.3 is 5.69 Å². The van der Waals surface area contributed by atoms with Crippen LogP contribution >= 0.6 is 0 Å². The van der Waals surface area contributed by atoms with Crippen LogP contribution in [-0.2, 0) is 0 Å². The molecular formula is C7H4N4O4. The van der Waals surface area contributed by atoms with Crippen molar-refractivity contribution in [2.75, 3.05) is 0 Å². The van der Waals surface area contributed by atoms with Crippen LogP contribution < -0.4 is 0 Å². The van der Waals surface area contributed by atoms with Gasteiger partial charge in [0.2, 0.25) is 0 Å². The maximum Gasteiger partial charge on any atom is 0.314 e. The number of nitrogens with zero attached hydrogens (tertiary/aromatic N) is 4. The fraction of sp³-hybridized carbons (Fsp3) is 0. The lowest BCUT2D eigenvalue weighted by molar-refractivity contribution is -0.385. The average Bonchev–Trinajstić information content (AvgIpc) is 2.59. The number of rotatable bonds is 2. The van der Waals surface area contributed by atoms with Gasteiger partial charge in [0, 0.05) is 6.07 Å². The van der Waals surface area contributed by atoms with Crippen LogP contribution in [0, 0.1) is 20.2 Å². The number of aromatic nitrogens is 2. The summed E-state index contributed by atoms with van der Waals surface area (Å²) in [6, 6.07) is 2.49. The topological polar surface area (TPSA) is 104 Å². The van der Waals surface area contributed by atoms with Gasteiger partial charge in [-0.25, -0.2) is 4.52 Å². The molecule has 2 aromatic rings. The molecule has 0 fully saturated rings. The smallest absolute Gasteiger partial charge is 0.258 e. The largest absolute Gasteiger partial charge is 0.314 e. The van der Waals surface area contributed by atoms with E-state index in [-0.39, 0.29) is 16.9 Å². The summed E-state index contributed by atoms with van der Waals surface area (Å²) in [5.74, 6) is 0. The number of fused-ring (bicyclic) bond motifs is 1. The zero-order chi connectivity index (χ0) is 11.0. The van der Waals surface area contributed by atoms with Gasteiger partial charge in [-0.1, -0.05) is 0 Å². The van der Waals surface area contributed by atoms with Gasteiger partial charge in [0.05, 0.1) is 9.85 Å². The van der Waals surface area contributed by atoms with Gasteiger partial charge in [-0.3, -0.25) is 20.2 Å². The van der Waals surface area contributed by atoms with Crippen molar-refractivity contribution in [3.8, 4) is 0 Å². The highest BCUT2D eigenvalue weighted by molar-refractivity contribution is 5.64. The summed E-state index contributed by atoms with van der Waals surface area (Å²) in [5.41, 5.74) is -0.115. The highest BCUT2D eigenvalue weighted by Crippen LogP contribution is 2.21. The molecule has 0 aliphatic carbocycles. The monoisotopic (exact) mass is 208 g/mol. The van der Waals surface area contributed by atoms with Gasteiger partial charge in [-0.05, 0) is 6.07 Å². The van der Waals surface area contributed by atoms with Crippen LogP contribution in [0.1, 0.15) is 0 Å². The Kier molecular flexibility index (Phi) is 1.82. The Morgan fingerprint density at radius 2 is 1.93 bits per heavy atom. The predicted molar refractivity (Wildman–Crippen MR) is 48.5 cm³/mol. The molecule has 0 amide bonds. The molecule has 0 saturated heterocycles. The molecule has 2 aromatic heterocycles. The lowest BCUT2D eigenvalue weighted by Gasteiger charge is -1.92. The van der Waals surface area contributed by atoms with Crippen LogP contribution in [0.5, 0.6) is 0 Å². The van der Waals surface area contributed by atoms with Crippen LogP contribution in [0.4, 0.5) is 11.4 Å². The average molecular weight is 208 g/mol. The highest BCUT2D eigenvalue weighted by Gasteiger charge is 2.16. The maximum atomic E-state index is 10.5. The second kappa shape index (κ2) is 3.01. The molecule has 0 spiro atoms. The van der Waals surface area contributed by atoms with E-state index in [0.717, 1.165) is 16.9 Å². The molecule has 0 aromatic carbocycles. The van der Waals surface area contributed by atoms with E-state index in [2.05, 4.69) is 5.10 Å². The van der Waals surface area contributed by atoms with Gasteiger partial charge < -0.3 is 0 Å². The lowest BCUT2D eigenvalue weighted by atomic mass is 10.3. The first-order valence-electron chi connectivity index (χ1n) is 3.86. The molecule has 8 nitrogen and oxygen atoms in total. The molecular weight excluding hydrogens is 204 g/mol. The van der Waals surface area contributed by atoms with E-state index in [0.29, 0.717) is 0 Å². The number of pyridine rings is 1. The van der Waals surface area contributed by atoms with Gasteiger partial charge in [0.15, 0.2) is 0 Å². The molecule has 0 N–H and O–H groups in total. The van der Waals surface area contributed by atoms with Crippen molar-refractivity contribution in [2.24, 2.45) is 0 Å². The van der Waals surface area contributed by atoms with E-state index < -0.39 is 9.85 Å². The highest BCUT2D eigenvalue weighted by atomic mass is 16.6. The van der Waals surface area contributed by atoms with Crippen LogP contribution in [0.15, 0.2) is 24.5 Å². The van der Waals surface area contributed by atoms with Crippen molar-refractivity contribution in [1.29, 1.82) is 0 Å². The van der Waals surface area contributed by atoms with E-state index in [1.165, 1.54) is 12.1 Å². The third-order valence-corrected chi connectivity index (χ3v) is 1.89. The second-order valence-electron chi connectivity index (χ2n) is 2.76. The zero-order valence-corrected chi connectivity index (χ0v) is 7.23. The quantitative estimate of drug-likeness (QED) is 0.543. The minimum atomic E-state index is -0.590. The van der Waals surface area contributed by atoms with Crippen LogP contribution in [0.25, 0.3) is 5.52 Å². The third-order valence-electron chi connectivity index (χ3n) is 1.89. The lowest BCUT2D eigenvalue weighted by Crippen LogP contribution is -1.93. The standard InChI is InChI=1S/C7H4N4O4/c12-10(13)5-1-2-6-7(11(14)15)3-8-9(6)4-5/h1-4H. The van der Waals surface area contributed by atoms with Crippen LogP contribution in [-0.4, -0.2) is 19.5 Å². The zero-order valence-electron chi connectivity index (χ0n) is 7.23. The Labute approximate surface area is 82.0 Å². The molecule has 15 heavy (non-hydrogen) atoms. The van der Waals surface area contributed by atoms with Gasteiger partial charge in [0.1, 0.15) is 17.9 Å². The van der Waals surface area contributed by atoms with Gasteiger partial charge in [0.25, 0.3) is 5.69 Å². The minimum Gasteiger partial charge on any atom is -0.258 e. The molecule has 2 heterocycles. The summed E-state index contributed by atoms with van der Waals surface area (Å²) in [6.07, 6.45) is 2.18. The molecule has 0 atom stereocenters. The summed E-state index contributed by atoms with van der Waals surface area (Å²) in [7, 11) is 0. The van der Waals surface area contributed by atoms with E-state index in [4.69, 9.17) is 0 Å². The first-order chi connectivity index (χ1) is 7.09. The van der Waals surface area contributed by atoms with Crippen LogP contribution in [0.2, 0.25) is 0 Å². The first-order valence-corrected chi connectivity index (χ1v) is 3.86. The Balaban J connectivity index is 2.66. The molecule has 76 valence electrons. The van der Waals surface area contributed by atoms with E-state index in [1.807, 2.05) is 0 Å². The van der Waals surface area contributed by atoms with Crippen molar-refractivity contribution in [2.45, 2.75) is 0 Å². The molecule has 2 rings (SSSR count). The summed E-state index contributed by atoms with van der Waals surface area (Å²) in [5, 5.41) is 24.6. The Morgan fingerprint density at radius 3 is 2.53 bits per heavy atom. The fourth-order valence-electron chi connectivity index (χ4n) is 1.21.